The standard InChI is InChI=1S/C23H26N4O6S/c1-33-20-10-8-15(14-19(20)27-12-4-5-13-34(27,31)32)24-21(28)11-9-18-23(30)25-17-7-3-2-6-16(17)22(29)26-18/h2-3,6-8,10,14,18H,4-5,9,11-13H2,1H3,(H,24,28)(H,25,30)(H,26,29). The molecule has 11 heteroatoms. The molecule has 0 radical (unpaired) electrons. The van der Waals surface area contributed by atoms with Crippen molar-refractivity contribution >= 4 is 44.8 Å². The van der Waals surface area contributed by atoms with E-state index in [9.17, 15) is 22.8 Å². The number of hydrogen-bond acceptors (Lipinski definition) is 6. The van der Waals surface area contributed by atoms with Gasteiger partial charge < -0.3 is 20.7 Å². The van der Waals surface area contributed by atoms with E-state index in [4.69, 9.17) is 4.74 Å². The number of rotatable bonds is 6. The van der Waals surface area contributed by atoms with Crippen LogP contribution in [0.4, 0.5) is 17.1 Å². The highest BCUT2D eigenvalue weighted by Gasteiger charge is 2.30. The van der Waals surface area contributed by atoms with Gasteiger partial charge in [-0.15, -0.1) is 0 Å². The number of carbonyl (C=O) groups excluding carboxylic acids is 3. The van der Waals surface area contributed by atoms with Crippen LogP contribution in [0.2, 0.25) is 0 Å². The van der Waals surface area contributed by atoms with E-state index in [-0.39, 0.29) is 30.4 Å². The largest absolute Gasteiger partial charge is 0.495 e. The molecule has 2 aliphatic rings. The summed E-state index contributed by atoms with van der Waals surface area (Å²) in [6, 6.07) is 10.6. The molecule has 1 atom stereocenters. The van der Waals surface area contributed by atoms with Gasteiger partial charge in [-0.25, -0.2) is 8.42 Å². The third kappa shape index (κ3) is 4.98. The molecule has 2 aromatic rings. The minimum atomic E-state index is -3.46. The van der Waals surface area contributed by atoms with Crippen molar-refractivity contribution in [1.82, 2.24) is 5.32 Å². The zero-order valence-electron chi connectivity index (χ0n) is 18.7. The van der Waals surface area contributed by atoms with Crippen molar-refractivity contribution in [3.05, 3.63) is 48.0 Å². The van der Waals surface area contributed by atoms with E-state index in [0.717, 1.165) is 6.42 Å². The van der Waals surface area contributed by atoms with Crippen LogP contribution < -0.4 is 25.0 Å². The van der Waals surface area contributed by atoms with Crippen LogP contribution in [0.1, 0.15) is 36.0 Å². The van der Waals surface area contributed by atoms with Gasteiger partial charge in [0, 0.05) is 18.7 Å². The smallest absolute Gasteiger partial charge is 0.254 e. The molecule has 180 valence electrons. The lowest BCUT2D eigenvalue weighted by Crippen LogP contribution is -2.41. The van der Waals surface area contributed by atoms with Gasteiger partial charge in [0.2, 0.25) is 21.8 Å². The SMILES string of the molecule is COc1ccc(NC(=O)CCC2NC(=O)c3ccccc3NC2=O)cc1N1CCCCS1(=O)=O. The summed E-state index contributed by atoms with van der Waals surface area (Å²) in [5.41, 5.74) is 1.56. The predicted molar refractivity (Wildman–Crippen MR) is 128 cm³/mol. The Morgan fingerprint density at radius 3 is 2.74 bits per heavy atom. The molecule has 1 saturated heterocycles. The second-order valence-electron chi connectivity index (χ2n) is 8.13. The number of para-hydroxylation sites is 1. The molecule has 0 bridgehead atoms. The van der Waals surface area contributed by atoms with Crippen LogP contribution in [-0.2, 0) is 19.6 Å². The van der Waals surface area contributed by atoms with Gasteiger partial charge in [0.25, 0.3) is 5.91 Å². The number of nitrogens with one attached hydrogen (secondary N) is 3. The molecule has 0 saturated carbocycles. The molecule has 1 unspecified atom stereocenters. The molecule has 10 nitrogen and oxygen atoms in total. The zero-order valence-corrected chi connectivity index (χ0v) is 19.5. The van der Waals surface area contributed by atoms with E-state index >= 15 is 0 Å². The van der Waals surface area contributed by atoms with Crippen molar-refractivity contribution in [3.8, 4) is 5.75 Å². The van der Waals surface area contributed by atoms with E-state index in [2.05, 4.69) is 16.0 Å². The highest BCUT2D eigenvalue weighted by atomic mass is 32.2. The first kappa shape index (κ1) is 23.6. The van der Waals surface area contributed by atoms with Gasteiger partial charge in [-0.3, -0.25) is 18.7 Å². The third-order valence-corrected chi connectivity index (χ3v) is 7.65. The molecule has 1 fully saturated rings. The number of hydrogen-bond donors (Lipinski definition) is 3. The predicted octanol–water partition coefficient (Wildman–Crippen LogP) is 2.09. The maximum atomic E-state index is 12.6. The highest BCUT2D eigenvalue weighted by Crippen LogP contribution is 2.35. The molecular weight excluding hydrogens is 460 g/mol. The van der Waals surface area contributed by atoms with Gasteiger partial charge in [0.15, 0.2) is 0 Å². The first-order valence-electron chi connectivity index (χ1n) is 11.0. The molecule has 0 aromatic heterocycles. The number of sulfonamides is 1. The summed E-state index contributed by atoms with van der Waals surface area (Å²) in [7, 11) is -2.00. The van der Waals surface area contributed by atoms with Crippen LogP contribution in [-0.4, -0.2) is 51.6 Å². The summed E-state index contributed by atoms with van der Waals surface area (Å²) in [4.78, 5) is 37.5. The summed E-state index contributed by atoms with van der Waals surface area (Å²) in [5.74, 6) is -0.705. The Morgan fingerprint density at radius 2 is 1.97 bits per heavy atom. The molecule has 2 aliphatic heterocycles. The molecule has 3 amide bonds. The number of benzene rings is 2. The summed E-state index contributed by atoms with van der Waals surface area (Å²) >= 11 is 0. The third-order valence-electron chi connectivity index (χ3n) is 5.79. The Labute approximate surface area is 197 Å². The Kier molecular flexibility index (Phi) is 6.73. The second kappa shape index (κ2) is 9.72. The van der Waals surface area contributed by atoms with Crippen LogP contribution in [0.5, 0.6) is 5.75 Å². The van der Waals surface area contributed by atoms with Gasteiger partial charge >= 0.3 is 0 Å². The highest BCUT2D eigenvalue weighted by molar-refractivity contribution is 7.92. The fourth-order valence-corrected chi connectivity index (χ4v) is 5.67. The molecule has 0 spiro atoms. The number of anilines is 3. The fourth-order valence-electron chi connectivity index (χ4n) is 4.04. The summed E-state index contributed by atoms with van der Waals surface area (Å²) in [5, 5.41) is 8.11. The lowest BCUT2D eigenvalue weighted by atomic mass is 10.1. The van der Waals surface area contributed by atoms with Crippen LogP contribution in [0.25, 0.3) is 0 Å². The Bertz CT molecular complexity index is 1230. The number of fused-ring (bicyclic) bond motifs is 1. The van der Waals surface area contributed by atoms with Crippen LogP contribution in [0.3, 0.4) is 0 Å². The maximum absolute atomic E-state index is 12.6. The van der Waals surface area contributed by atoms with Crippen molar-refractivity contribution in [2.45, 2.75) is 31.7 Å². The molecule has 2 aromatic carbocycles. The summed E-state index contributed by atoms with van der Waals surface area (Å²) < 4.78 is 31.7. The van der Waals surface area contributed by atoms with Crippen molar-refractivity contribution in [2.75, 3.05) is 34.3 Å². The molecule has 2 heterocycles. The van der Waals surface area contributed by atoms with E-state index in [1.54, 1.807) is 42.5 Å². The average molecular weight is 487 g/mol. The molecule has 0 aliphatic carbocycles. The van der Waals surface area contributed by atoms with Crippen molar-refractivity contribution < 1.29 is 27.5 Å². The normalized spacial score (nSPS) is 19.3. The number of methoxy groups -OCH3 is 1. The van der Waals surface area contributed by atoms with Crippen LogP contribution in [0, 0.1) is 0 Å². The molecule has 34 heavy (non-hydrogen) atoms. The minimum absolute atomic E-state index is 0.0297. The Hall–Kier alpha value is -3.60. The van der Waals surface area contributed by atoms with E-state index in [1.165, 1.54) is 11.4 Å². The first-order chi connectivity index (χ1) is 16.3. The maximum Gasteiger partial charge on any atom is 0.254 e. The van der Waals surface area contributed by atoms with E-state index in [0.29, 0.717) is 41.3 Å². The van der Waals surface area contributed by atoms with Crippen LogP contribution in [0.15, 0.2) is 42.5 Å². The number of ether oxygens (including phenoxy) is 1. The van der Waals surface area contributed by atoms with Gasteiger partial charge in [-0.1, -0.05) is 12.1 Å². The lowest BCUT2D eigenvalue weighted by molar-refractivity contribution is -0.118. The average Bonchev–Trinajstić information content (AvgIpc) is 2.93. The van der Waals surface area contributed by atoms with E-state index in [1.807, 2.05) is 0 Å². The first-order valence-corrected chi connectivity index (χ1v) is 12.6. The van der Waals surface area contributed by atoms with Gasteiger partial charge in [-0.05, 0) is 49.6 Å². The number of amides is 3. The topological polar surface area (TPSA) is 134 Å². The monoisotopic (exact) mass is 486 g/mol. The second-order valence-corrected chi connectivity index (χ2v) is 10.1. The van der Waals surface area contributed by atoms with Crippen molar-refractivity contribution in [2.24, 2.45) is 0 Å². The summed E-state index contributed by atoms with van der Waals surface area (Å²) in [6.07, 6.45) is 1.41. The van der Waals surface area contributed by atoms with E-state index < -0.39 is 22.0 Å². The molecular formula is C23H26N4O6S. The lowest BCUT2D eigenvalue weighted by Gasteiger charge is -2.29. The van der Waals surface area contributed by atoms with Gasteiger partial charge in [0.1, 0.15) is 11.8 Å². The Balaban J connectivity index is 1.42. The molecule has 3 N–H and O–H groups in total. The minimum Gasteiger partial charge on any atom is -0.495 e. The van der Waals surface area contributed by atoms with Crippen molar-refractivity contribution in [3.63, 3.8) is 0 Å². The zero-order chi connectivity index (χ0) is 24.3. The fraction of sp³-hybridized carbons (Fsp3) is 0.348. The van der Waals surface area contributed by atoms with Crippen LogP contribution >= 0.6 is 0 Å². The van der Waals surface area contributed by atoms with Gasteiger partial charge in [0.05, 0.1) is 29.8 Å². The number of nitrogens with zero attached hydrogens (tertiary/aromatic N) is 1. The molecule has 4 rings (SSSR count). The van der Waals surface area contributed by atoms with Gasteiger partial charge in [-0.2, -0.15) is 0 Å². The van der Waals surface area contributed by atoms with Crippen molar-refractivity contribution in [1.29, 1.82) is 0 Å². The quantitative estimate of drug-likeness (QED) is 0.573. The number of carbonyl (C=O) groups is 3. The Morgan fingerprint density at radius 1 is 1.18 bits per heavy atom. The summed E-state index contributed by atoms with van der Waals surface area (Å²) in [6.45, 7) is 0.342.